The maximum absolute atomic E-state index is 11.6. The van der Waals surface area contributed by atoms with E-state index in [9.17, 15) is 4.79 Å². The highest BCUT2D eigenvalue weighted by atomic mass is 16.4. The Balaban J connectivity index is 2.30. The third kappa shape index (κ3) is 2.84. The van der Waals surface area contributed by atoms with Gasteiger partial charge in [0.05, 0.1) is 0 Å². The summed E-state index contributed by atoms with van der Waals surface area (Å²) in [6.07, 6.45) is 0.941. The molecule has 1 rings (SSSR count). The van der Waals surface area contributed by atoms with Gasteiger partial charge in [-0.15, -0.1) is 0 Å². The van der Waals surface area contributed by atoms with E-state index in [1.165, 1.54) is 0 Å². The summed E-state index contributed by atoms with van der Waals surface area (Å²) in [5.74, 6) is 0.195. The van der Waals surface area contributed by atoms with Gasteiger partial charge in [0, 0.05) is 18.4 Å². The van der Waals surface area contributed by atoms with Crippen LogP contribution in [0.1, 0.15) is 27.2 Å². The first-order valence-corrected chi connectivity index (χ1v) is 5.13. The summed E-state index contributed by atoms with van der Waals surface area (Å²) in [7, 11) is 0. The van der Waals surface area contributed by atoms with Gasteiger partial charge < -0.3 is 16.3 Å². The van der Waals surface area contributed by atoms with E-state index in [-0.39, 0.29) is 29.0 Å². The zero-order valence-corrected chi connectivity index (χ0v) is 9.45. The first-order chi connectivity index (χ1) is 6.88. The van der Waals surface area contributed by atoms with Crippen LogP contribution in [0.5, 0.6) is 0 Å². The molecule has 0 heterocycles. The molecule has 0 aromatic rings. The van der Waals surface area contributed by atoms with Gasteiger partial charge in [-0.05, 0) is 11.8 Å². The summed E-state index contributed by atoms with van der Waals surface area (Å²) in [4.78, 5) is 11.6. The maximum atomic E-state index is 11.6. The number of oxime groups is 1. The predicted octanol–water partition coefficient (Wildman–Crippen LogP) is 0.531. The van der Waals surface area contributed by atoms with Crippen molar-refractivity contribution in [2.45, 2.75) is 27.2 Å². The number of carbonyl (C=O) groups excluding carboxylic acids is 1. The van der Waals surface area contributed by atoms with Gasteiger partial charge in [0.25, 0.3) is 0 Å². The van der Waals surface area contributed by atoms with Gasteiger partial charge in [0.1, 0.15) is 5.84 Å². The Labute approximate surface area is 89.7 Å². The molecule has 0 aromatic heterocycles. The second kappa shape index (κ2) is 4.08. The molecule has 5 heteroatoms. The molecule has 0 saturated heterocycles. The summed E-state index contributed by atoms with van der Waals surface area (Å²) in [6, 6.07) is 0. The lowest BCUT2D eigenvalue weighted by molar-refractivity contribution is -0.123. The average molecular weight is 213 g/mol. The molecule has 4 N–H and O–H groups in total. The molecule has 15 heavy (non-hydrogen) atoms. The molecule has 0 aromatic carbocycles. The third-order valence-corrected chi connectivity index (χ3v) is 3.03. The van der Waals surface area contributed by atoms with Crippen LogP contribution >= 0.6 is 0 Å². The Morgan fingerprint density at radius 3 is 2.67 bits per heavy atom. The molecule has 1 fully saturated rings. The van der Waals surface area contributed by atoms with Crippen molar-refractivity contribution >= 4 is 11.7 Å². The van der Waals surface area contributed by atoms with Crippen LogP contribution in [0.25, 0.3) is 0 Å². The van der Waals surface area contributed by atoms with Crippen LogP contribution in [-0.4, -0.2) is 23.5 Å². The topological polar surface area (TPSA) is 87.7 Å². The number of amides is 1. The fourth-order valence-electron chi connectivity index (χ4n) is 1.49. The van der Waals surface area contributed by atoms with Crippen LogP contribution < -0.4 is 11.1 Å². The number of amidine groups is 1. The minimum absolute atomic E-state index is 0.0672. The molecule has 86 valence electrons. The van der Waals surface area contributed by atoms with Gasteiger partial charge in [-0.1, -0.05) is 25.9 Å². The molecule has 0 spiro atoms. The van der Waals surface area contributed by atoms with Gasteiger partial charge in [0.2, 0.25) is 5.91 Å². The van der Waals surface area contributed by atoms with Crippen molar-refractivity contribution in [2.75, 3.05) is 6.54 Å². The molecule has 5 nitrogen and oxygen atoms in total. The molecule has 2 unspecified atom stereocenters. The van der Waals surface area contributed by atoms with Crippen molar-refractivity contribution in [2.24, 2.45) is 28.1 Å². The van der Waals surface area contributed by atoms with E-state index >= 15 is 0 Å². The monoisotopic (exact) mass is 213 g/mol. The van der Waals surface area contributed by atoms with E-state index in [0.29, 0.717) is 6.54 Å². The number of nitrogens with two attached hydrogens (primary N) is 1. The molecule has 1 saturated carbocycles. The highest BCUT2D eigenvalue weighted by Crippen LogP contribution is 2.51. The number of hydrogen-bond acceptors (Lipinski definition) is 3. The minimum atomic E-state index is -0.138. The number of hydrogen-bond donors (Lipinski definition) is 3. The largest absolute Gasteiger partial charge is 0.409 e. The molecule has 1 amide bonds. The first kappa shape index (κ1) is 11.8. The molecular formula is C10H19N3O2. The second-order valence-corrected chi connectivity index (χ2v) is 4.92. The summed E-state index contributed by atoms with van der Waals surface area (Å²) in [5, 5.41) is 14.1. The third-order valence-electron chi connectivity index (χ3n) is 3.03. The van der Waals surface area contributed by atoms with Gasteiger partial charge in [-0.2, -0.15) is 0 Å². The summed E-state index contributed by atoms with van der Waals surface area (Å²) in [5.41, 5.74) is 5.54. The molecule has 1 aliphatic rings. The van der Waals surface area contributed by atoms with Crippen molar-refractivity contribution < 1.29 is 10.0 Å². The number of nitrogens with zero attached hydrogens (tertiary/aromatic N) is 1. The Morgan fingerprint density at radius 2 is 2.27 bits per heavy atom. The van der Waals surface area contributed by atoms with Gasteiger partial charge >= 0.3 is 0 Å². The lowest BCUT2D eigenvalue weighted by Crippen LogP contribution is -2.36. The SMILES string of the molecule is CC(CNC(=O)C1CC1(C)C)C(N)=NO. The molecule has 2 atom stereocenters. The van der Waals surface area contributed by atoms with Gasteiger partial charge in [-0.25, -0.2) is 0 Å². The Bertz CT molecular complexity index is 286. The maximum Gasteiger partial charge on any atom is 0.223 e. The standard InChI is InChI=1S/C10H19N3O2/c1-6(8(11)13-15)5-12-9(14)7-4-10(7,2)3/h6-7,15H,4-5H2,1-3H3,(H2,11,13)(H,12,14). The number of rotatable bonds is 4. The highest BCUT2D eigenvalue weighted by molar-refractivity contribution is 5.85. The first-order valence-electron chi connectivity index (χ1n) is 5.13. The van der Waals surface area contributed by atoms with Gasteiger partial charge in [0.15, 0.2) is 0 Å². The molecule has 0 bridgehead atoms. The van der Waals surface area contributed by atoms with Crippen LogP contribution in [0.15, 0.2) is 5.16 Å². The van der Waals surface area contributed by atoms with Crippen molar-refractivity contribution in [1.29, 1.82) is 0 Å². The normalized spacial score (nSPS) is 25.8. The van der Waals surface area contributed by atoms with Gasteiger partial charge in [-0.3, -0.25) is 4.79 Å². The molecule has 0 radical (unpaired) electrons. The second-order valence-electron chi connectivity index (χ2n) is 4.92. The Kier molecular flexibility index (Phi) is 3.21. The van der Waals surface area contributed by atoms with Crippen LogP contribution in [0, 0.1) is 17.3 Å². The molecular weight excluding hydrogens is 194 g/mol. The summed E-state index contributed by atoms with van der Waals surface area (Å²) < 4.78 is 0. The van der Waals surface area contributed by atoms with E-state index in [4.69, 9.17) is 10.9 Å². The lowest BCUT2D eigenvalue weighted by Gasteiger charge is -2.11. The fourth-order valence-corrected chi connectivity index (χ4v) is 1.49. The number of nitrogens with one attached hydrogen (secondary N) is 1. The zero-order chi connectivity index (χ0) is 11.6. The van der Waals surface area contributed by atoms with E-state index < -0.39 is 0 Å². The van der Waals surface area contributed by atoms with Crippen LogP contribution in [0.2, 0.25) is 0 Å². The van der Waals surface area contributed by atoms with Crippen molar-refractivity contribution in [3.8, 4) is 0 Å². The van der Waals surface area contributed by atoms with E-state index in [2.05, 4.69) is 24.3 Å². The van der Waals surface area contributed by atoms with E-state index in [1.54, 1.807) is 6.92 Å². The van der Waals surface area contributed by atoms with Crippen molar-refractivity contribution in [3.05, 3.63) is 0 Å². The zero-order valence-electron chi connectivity index (χ0n) is 9.45. The molecule has 0 aliphatic heterocycles. The quantitative estimate of drug-likeness (QED) is 0.275. The van der Waals surface area contributed by atoms with E-state index in [1.807, 2.05) is 0 Å². The highest BCUT2D eigenvalue weighted by Gasteiger charge is 2.50. The summed E-state index contributed by atoms with van der Waals surface area (Å²) in [6.45, 7) is 6.36. The smallest absolute Gasteiger partial charge is 0.223 e. The average Bonchev–Trinajstić information content (AvgIpc) is 2.82. The Morgan fingerprint density at radius 1 is 1.73 bits per heavy atom. The van der Waals surface area contributed by atoms with Crippen molar-refractivity contribution in [1.82, 2.24) is 5.32 Å². The summed E-state index contributed by atoms with van der Waals surface area (Å²) >= 11 is 0. The van der Waals surface area contributed by atoms with Crippen LogP contribution in [0.4, 0.5) is 0 Å². The fraction of sp³-hybridized carbons (Fsp3) is 0.800. The lowest BCUT2D eigenvalue weighted by atomic mass is 10.1. The van der Waals surface area contributed by atoms with E-state index in [0.717, 1.165) is 6.42 Å². The van der Waals surface area contributed by atoms with Crippen LogP contribution in [-0.2, 0) is 4.79 Å². The molecule has 1 aliphatic carbocycles. The number of carbonyl (C=O) groups is 1. The predicted molar refractivity (Wildman–Crippen MR) is 57.5 cm³/mol. The van der Waals surface area contributed by atoms with Crippen molar-refractivity contribution in [3.63, 3.8) is 0 Å². The minimum Gasteiger partial charge on any atom is -0.409 e. The van der Waals surface area contributed by atoms with Crippen LogP contribution in [0.3, 0.4) is 0 Å². The Hall–Kier alpha value is -1.26.